The molecular weight excluding hydrogens is 208 g/mol. The lowest BCUT2D eigenvalue weighted by Gasteiger charge is -2.03. The van der Waals surface area contributed by atoms with Crippen molar-refractivity contribution in [1.29, 1.82) is 0 Å². The van der Waals surface area contributed by atoms with Crippen molar-refractivity contribution in [3.63, 3.8) is 0 Å². The molecule has 0 aliphatic heterocycles. The predicted molar refractivity (Wildman–Crippen MR) is 56.1 cm³/mol. The molecule has 16 heavy (non-hydrogen) atoms. The third-order valence-electron chi connectivity index (χ3n) is 1.83. The summed E-state index contributed by atoms with van der Waals surface area (Å²) in [5.41, 5.74) is 0.754. The number of tetrazole rings is 1. The van der Waals surface area contributed by atoms with Crippen LogP contribution in [-0.2, 0) is 4.79 Å². The van der Waals surface area contributed by atoms with Gasteiger partial charge >= 0.3 is 0 Å². The average molecular weight is 216 g/mol. The first kappa shape index (κ1) is 9.97. The molecule has 80 valence electrons. The summed E-state index contributed by atoms with van der Waals surface area (Å²) in [6.07, 6.45) is 1.59. The van der Waals surface area contributed by atoms with Crippen LogP contribution < -0.4 is 5.32 Å². The summed E-state index contributed by atoms with van der Waals surface area (Å²) in [7, 11) is 0. The smallest absolute Gasteiger partial charge is 0.259 e. The minimum absolute atomic E-state index is 0.169. The number of carbonyl (C=O) groups excluding carboxylic acids is 1. The lowest BCUT2D eigenvalue weighted by atomic mass is 10.2. The second kappa shape index (κ2) is 4.30. The summed E-state index contributed by atoms with van der Waals surface area (Å²) < 4.78 is 0. The Balaban J connectivity index is 2.09. The molecule has 2 aromatic rings. The molecule has 0 bridgehead atoms. The molecule has 0 saturated heterocycles. The van der Waals surface area contributed by atoms with Gasteiger partial charge in [0.2, 0.25) is 5.95 Å². The number of aromatic amines is 1. The van der Waals surface area contributed by atoms with Gasteiger partial charge in [0, 0.05) is 6.20 Å². The van der Waals surface area contributed by atoms with Crippen molar-refractivity contribution in [3.05, 3.63) is 36.7 Å². The zero-order valence-electron chi connectivity index (χ0n) is 8.21. The van der Waals surface area contributed by atoms with Gasteiger partial charge in [-0.15, -0.1) is 0 Å². The van der Waals surface area contributed by atoms with E-state index in [1.165, 1.54) is 0 Å². The minimum atomic E-state index is -0.405. The number of H-pyrrole nitrogens is 1. The predicted octanol–water partition coefficient (Wildman–Crippen LogP) is 0.247. The topological polar surface area (TPSA) is 96.5 Å². The number of nitrogens with zero attached hydrogens (tertiary/aromatic N) is 4. The van der Waals surface area contributed by atoms with E-state index >= 15 is 0 Å². The number of nitrogens with one attached hydrogen (secondary N) is 2. The van der Waals surface area contributed by atoms with Gasteiger partial charge in [-0.2, -0.15) is 0 Å². The SMILES string of the molecule is C=C(C(=O)Nc1nnn[nH]1)c1ccccn1. The van der Waals surface area contributed by atoms with Crippen molar-refractivity contribution in [2.24, 2.45) is 0 Å². The Hall–Kier alpha value is -2.57. The van der Waals surface area contributed by atoms with Crippen molar-refractivity contribution < 1.29 is 4.79 Å². The van der Waals surface area contributed by atoms with Gasteiger partial charge in [0.05, 0.1) is 11.3 Å². The molecule has 2 heterocycles. The van der Waals surface area contributed by atoms with Gasteiger partial charge in [-0.1, -0.05) is 17.7 Å². The molecule has 0 aliphatic carbocycles. The molecule has 7 heteroatoms. The van der Waals surface area contributed by atoms with E-state index < -0.39 is 5.91 Å². The maximum atomic E-state index is 11.6. The van der Waals surface area contributed by atoms with Crippen molar-refractivity contribution in [2.45, 2.75) is 0 Å². The third kappa shape index (κ3) is 2.08. The first-order chi connectivity index (χ1) is 7.77. The van der Waals surface area contributed by atoms with Crippen LogP contribution in [0.25, 0.3) is 5.57 Å². The highest BCUT2D eigenvalue weighted by molar-refractivity contribution is 6.23. The molecule has 0 aromatic carbocycles. The number of pyridine rings is 1. The zero-order valence-corrected chi connectivity index (χ0v) is 8.21. The number of amides is 1. The van der Waals surface area contributed by atoms with Crippen LogP contribution in [0.3, 0.4) is 0 Å². The van der Waals surface area contributed by atoms with Crippen LogP contribution in [-0.4, -0.2) is 31.5 Å². The summed E-state index contributed by atoms with van der Waals surface area (Å²) in [5.74, 6) is -0.237. The molecule has 0 spiro atoms. The normalized spacial score (nSPS) is 9.75. The molecule has 7 nitrogen and oxygen atoms in total. The summed E-state index contributed by atoms with van der Waals surface area (Å²) in [5, 5.41) is 15.0. The average Bonchev–Trinajstić information content (AvgIpc) is 2.82. The standard InChI is InChI=1S/C9H8N6O/c1-6(7-4-2-3-5-10-7)8(16)11-9-12-14-15-13-9/h2-5H,1H2,(H2,11,12,13,14,15,16). The van der Waals surface area contributed by atoms with E-state index in [1.807, 2.05) is 0 Å². The van der Waals surface area contributed by atoms with E-state index in [-0.39, 0.29) is 11.5 Å². The monoisotopic (exact) mass is 216 g/mol. The summed E-state index contributed by atoms with van der Waals surface area (Å²) in [6, 6.07) is 5.23. The van der Waals surface area contributed by atoms with Gasteiger partial charge in [-0.25, -0.2) is 5.10 Å². The number of anilines is 1. The third-order valence-corrected chi connectivity index (χ3v) is 1.83. The Labute approximate surface area is 90.6 Å². The van der Waals surface area contributed by atoms with Crippen molar-refractivity contribution in [1.82, 2.24) is 25.6 Å². The number of hydrogen-bond acceptors (Lipinski definition) is 5. The van der Waals surface area contributed by atoms with Crippen LogP contribution in [0.15, 0.2) is 31.0 Å². The largest absolute Gasteiger partial charge is 0.289 e. The maximum Gasteiger partial charge on any atom is 0.259 e. The van der Waals surface area contributed by atoms with Crippen LogP contribution in [0, 0.1) is 0 Å². The fourth-order valence-corrected chi connectivity index (χ4v) is 1.05. The van der Waals surface area contributed by atoms with E-state index in [0.717, 1.165) is 0 Å². The van der Waals surface area contributed by atoms with Crippen LogP contribution in [0.4, 0.5) is 5.95 Å². The molecular formula is C9H8N6O. The second-order valence-electron chi connectivity index (χ2n) is 2.90. The molecule has 2 N–H and O–H groups in total. The van der Waals surface area contributed by atoms with Crippen LogP contribution >= 0.6 is 0 Å². The summed E-state index contributed by atoms with van der Waals surface area (Å²) in [4.78, 5) is 15.7. The summed E-state index contributed by atoms with van der Waals surface area (Å²) >= 11 is 0. The van der Waals surface area contributed by atoms with Gasteiger partial charge in [0.1, 0.15) is 0 Å². The molecule has 2 aromatic heterocycles. The first-order valence-electron chi connectivity index (χ1n) is 4.43. The van der Waals surface area contributed by atoms with Crippen molar-refractivity contribution in [3.8, 4) is 0 Å². The molecule has 0 unspecified atom stereocenters. The Bertz CT molecular complexity index is 492. The zero-order chi connectivity index (χ0) is 11.4. The molecule has 0 fully saturated rings. The van der Waals surface area contributed by atoms with E-state index in [2.05, 4.69) is 37.5 Å². The van der Waals surface area contributed by atoms with Gasteiger partial charge < -0.3 is 0 Å². The van der Waals surface area contributed by atoms with E-state index in [4.69, 9.17) is 0 Å². The van der Waals surface area contributed by atoms with Gasteiger partial charge in [0.25, 0.3) is 5.91 Å². The van der Waals surface area contributed by atoms with Crippen molar-refractivity contribution >= 4 is 17.4 Å². The highest BCUT2D eigenvalue weighted by Crippen LogP contribution is 2.09. The lowest BCUT2D eigenvalue weighted by molar-refractivity contribution is -0.111. The van der Waals surface area contributed by atoms with E-state index in [0.29, 0.717) is 5.69 Å². The Kier molecular flexibility index (Phi) is 2.68. The fourth-order valence-electron chi connectivity index (χ4n) is 1.05. The molecule has 1 amide bonds. The Morgan fingerprint density at radius 1 is 1.44 bits per heavy atom. The Morgan fingerprint density at radius 3 is 2.94 bits per heavy atom. The number of aromatic nitrogens is 5. The minimum Gasteiger partial charge on any atom is -0.289 e. The molecule has 0 saturated carbocycles. The fraction of sp³-hybridized carbons (Fsp3) is 0. The van der Waals surface area contributed by atoms with Crippen LogP contribution in [0.1, 0.15) is 5.69 Å². The maximum absolute atomic E-state index is 11.6. The Morgan fingerprint density at radius 2 is 2.31 bits per heavy atom. The van der Waals surface area contributed by atoms with Crippen LogP contribution in [0.5, 0.6) is 0 Å². The van der Waals surface area contributed by atoms with Crippen molar-refractivity contribution in [2.75, 3.05) is 5.32 Å². The molecule has 2 rings (SSSR count). The number of carbonyl (C=O) groups is 1. The van der Waals surface area contributed by atoms with E-state index in [9.17, 15) is 4.79 Å². The quantitative estimate of drug-likeness (QED) is 0.716. The molecule has 0 radical (unpaired) electrons. The van der Waals surface area contributed by atoms with Gasteiger partial charge in [0.15, 0.2) is 0 Å². The highest BCUT2D eigenvalue weighted by atomic mass is 16.1. The first-order valence-corrected chi connectivity index (χ1v) is 4.43. The number of hydrogen-bond donors (Lipinski definition) is 2. The summed E-state index contributed by atoms with van der Waals surface area (Å²) in [6.45, 7) is 3.65. The molecule has 0 aliphatic rings. The van der Waals surface area contributed by atoms with E-state index in [1.54, 1.807) is 24.4 Å². The van der Waals surface area contributed by atoms with Gasteiger partial charge in [-0.3, -0.25) is 15.1 Å². The lowest BCUT2D eigenvalue weighted by Crippen LogP contribution is -2.14. The second-order valence-corrected chi connectivity index (χ2v) is 2.90. The van der Waals surface area contributed by atoms with Gasteiger partial charge in [-0.05, 0) is 22.6 Å². The molecule has 0 atom stereocenters. The number of rotatable bonds is 3. The highest BCUT2D eigenvalue weighted by Gasteiger charge is 2.11. The van der Waals surface area contributed by atoms with Crippen LogP contribution in [0.2, 0.25) is 0 Å².